The number of ether oxygens (including phenoxy) is 1. The summed E-state index contributed by atoms with van der Waals surface area (Å²) in [4.78, 5) is 2.58. The quantitative estimate of drug-likeness (QED) is 0.718. The summed E-state index contributed by atoms with van der Waals surface area (Å²) in [5.41, 5.74) is 0. The molecule has 0 aromatic rings. The molecule has 1 atom stereocenters. The first-order valence-corrected chi connectivity index (χ1v) is 6.67. The Balaban J connectivity index is 1.98. The number of nitrogens with zero attached hydrogens (tertiary/aromatic N) is 1. The molecule has 1 saturated heterocycles. The fraction of sp³-hybridized carbons (Fsp3) is 1.00. The lowest BCUT2D eigenvalue weighted by Crippen LogP contribution is -2.40. The van der Waals surface area contributed by atoms with Crippen molar-refractivity contribution in [1.29, 1.82) is 0 Å². The highest BCUT2D eigenvalue weighted by Gasteiger charge is 2.14. The fourth-order valence-electron chi connectivity index (χ4n) is 2.15. The highest BCUT2D eigenvalue weighted by atomic mass is 16.5. The normalized spacial score (nSPS) is 21.2. The van der Waals surface area contributed by atoms with Crippen LogP contribution >= 0.6 is 0 Å². The smallest absolute Gasteiger partial charge is 0.0476 e. The Bertz CT molecular complexity index is 167. The molecule has 0 bridgehead atoms. The molecule has 0 aliphatic carbocycles. The Morgan fingerprint density at radius 2 is 2.06 bits per heavy atom. The van der Waals surface area contributed by atoms with Gasteiger partial charge in [-0.15, -0.1) is 0 Å². The van der Waals surface area contributed by atoms with Crippen LogP contribution in [0.4, 0.5) is 0 Å². The molecule has 0 aromatic carbocycles. The summed E-state index contributed by atoms with van der Waals surface area (Å²) < 4.78 is 5.07. The zero-order valence-electron chi connectivity index (χ0n) is 11.2. The molecule has 3 heteroatoms. The van der Waals surface area contributed by atoms with Crippen LogP contribution in [0.25, 0.3) is 0 Å². The largest absolute Gasteiger partial charge is 0.385 e. The molecule has 1 unspecified atom stereocenters. The van der Waals surface area contributed by atoms with E-state index < -0.39 is 0 Å². The molecule has 1 heterocycles. The molecule has 1 fully saturated rings. The van der Waals surface area contributed by atoms with Crippen molar-refractivity contribution < 1.29 is 4.74 Å². The fourth-order valence-corrected chi connectivity index (χ4v) is 2.15. The maximum Gasteiger partial charge on any atom is 0.0476 e. The van der Waals surface area contributed by atoms with Gasteiger partial charge in [-0.2, -0.15) is 0 Å². The number of piperidine rings is 1. The highest BCUT2D eigenvalue weighted by Crippen LogP contribution is 2.15. The number of hydrogen-bond donors (Lipinski definition) is 1. The van der Waals surface area contributed by atoms with Crippen molar-refractivity contribution in [3.8, 4) is 0 Å². The van der Waals surface area contributed by atoms with E-state index in [0.29, 0.717) is 6.04 Å². The second-order valence-corrected chi connectivity index (χ2v) is 5.16. The Morgan fingerprint density at radius 3 is 2.69 bits per heavy atom. The summed E-state index contributed by atoms with van der Waals surface area (Å²) in [5, 5.41) is 3.55. The van der Waals surface area contributed by atoms with E-state index in [1.54, 1.807) is 7.11 Å². The third-order valence-electron chi connectivity index (χ3n) is 3.55. The molecule has 3 nitrogen and oxygen atoms in total. The average Bonchev–Trinajstić information content (AvgIpc) is 2.29. The number of hydrogen-bond acceptors (Lipinski definition) is 3. The van der Waals surface area contributed by atoms with Crippen molar-refractivity contribution in [3.63, 3.8) is 0 Å². The molecule has 0 radical (unpaired) electrons. The van der Waals surface area contributed by atoms with Crippen LogP contribution in [0.15, 0.2) is 0 Å². The molecule has 1 aliphatic rings. The summed E-state index contributed by atoms with van der Waals surface area (Å²) in [6, 6.07) is 0.573. The average molecular weight is 228 g/mol. The first-order chi connectivity index (χ1) is 7.72. The van der Waals surface area contributed by atoms with E-state index >= 15 is 0 Å². The van der Waals surface area contributed by atoms with Crippen LogP contribution < -0.4 is 5.32 Å². The predicted molar refractivity (Wildman–Crippen MR) is 68.8 cm³/mol. The molecule has 1 rings (SSSR count). The van der Waals surface area contributed by atoms with Gasteiger partial charge in [0.25, 0.3) is 0 Å². The minimum Gasteiger partial charge on any atom is -0.385 e. The lowest BCUT2D eigenvalue weighted by molar-refractivity contribution is 0.176. The standard InChI is InChI=1S/C13H28N2O/c1-12-4-8-15(9-5-12)10-7-14-13(2)6-11-16-3/h12-14H,4-11H2,1-3H3. The van der Waals surface area contributed by atoms with E-state index in [1.807, 2.05) is 0 Å². The van der Waals surface area contributed by atoms with E-state index in [1.165, 1.54) is 32.5 Å². The van der Waals surface area contributed by atoms with E-state index in [-0.39, 0.29) is 0 Å². The lowest BCUT2D eigenvalue weighted by Gasteiger charge is -2.30. The SMILES string of the molecule is COCCC(C)NCCN1CCC(C)CC1. The van der Waals surface area contributed by atoms with Gasteiger partial charge in [-0.3, -0.25) is 0 Å². The molecule has 0 saturated carbocycles. The van der Waals surface area contributed by atoms with Gasteiger partial charge in [0, 0.05) is 32.8 Å². The molecular weight excluding hydrogens is 200 g/mol. The van der Waals surface area contributed by atoms with Crippen molar-refractivity contribution in [2.24, 2.45) is 5.92 Å². The van der Waals surface area contributed by atoms with Crippen molar-refractivity contribution >= 4 is 0 Å². The Hall–Kier alpha value is -0.120. The second-order valence-electron chi connectivity index (χ2n) is 5.16. The first-order valence-electron chi connectivity index (χ1n) is 6.67. The minimum absolute atomic E-state index is 0.573. The summed E-state index contributed by atoms with van der Waals surface area (Å²) >= 11 is 0. The van der Waals surface area contributed by atoms with Gasteiger partial charge in [-0.1, -0.05) is 6.92 Å². The van der Waals surface area contributed by atoms with Crippen molar-refractivity contribution in [2.45, 2.75) is 39.2 Å². The molecule has 1 aliphatic heterocycles. The summed E-state index contributed by atoms with van der Waals surface area (Å²) in [5.74, 6) is 0.935. The highest BCUT2D eigenvalue weighted by molar-refractivity contribution is 4.70. The molecule has 16 heavy (non-hydrogen) atoms. The van der Waals surface area contributed by atoms with E-state index in [2.05, 4.69) is 24.1 Å². The van der Waals surface area contributed by atoms with Crippen LogP contribution in [0.1, 0.15) is 33.1 Å². The second kappa shape index (κ2) is 8.04. The summed E-state index contributed by atoms with van der Waals surface area (Å²) in [7, 11) is 1.77. The maximum atomic E-state index is 5.07. The molecule has 0 spiro atoms. The Morgan fingerprint density at radius 1 is 1.38 bits per heavy atom. The van der Waals surface area contributed by atoms with Crippen molar-refractivity contribution in [3.05, 3.63) is 0 Å². The minimum atomic E-state index is 0.573. The van der Waals surface area contributed by atoms with Crippen LogP contribution in [0.5, 0.6) is 0 Å². The monoisotopic (exact) mass is 228 g/mol. The van der Waals surface area contributed by atoms with Crippen LogP contribution in [0.3, 0.4) is 0 Å². The lowest BCUT2D eigenvalue weighted by atomic mass is 9.99. The molecule has 0 aromatic heterocycles. The van der Waals surface area contributed by atoms with Crippen molar-refractivity contribution in [2.75, 3.05) is 39.9 Å². The molecule has 96 valence electrons. The van der Waals surface area contributed by atoms with Gasteiger partial charge in [0.2, 0.25) is 0 Å². The zero-order chi connectivity index (χ0) is 11.8. The van der Waals surface area contributed by atoms with Gasteiger partial charge >= 0.3 is 0 Å². The number of rotatable bonds is 7. The van der Waals surface area contributed by atoms with Gasteiger partial charge in [0.05, 0.1) is 0 Å². The Kier molecular flexibility index (Phi) is 7.01. The summed E-state index contributed by atoms with van der Waals surface area (Å²) in [6.07, 6.45) is 3.85. The molecule has 0 amide bonds. The molecule has 1 N–H and O–H groups in total. The van der Waals surface area contributed by atoms with Crippen molar-refractivity contribution in [1.82, 2.24) is 10.2 Å². The topological polar surface area (TPSA) is 24.5 Å². The van der Waals surface area contributed by atoms with Gasteiger partial charge in [-0.05, 0) is 45.2 Å². The van der Waals surface area contributed by atoms with E-state index in [9.17, 15) is 0 Å². The summed E-state index contributed by atoms with van der Waals surface area (Å²) in [6.45, 7) is 10.3. The third kappa shape index (κ3) is 5.83. The van der Waals surface area contributed by atoms with E-state index in [4.69, 9.17) is 4.74 Å². The number of nitrogens with one attached hydrogen (secondary N) is 1. The number of methoxy groups -OCH3 is 1. The van der Waals surface area contributed by atoms with Gasteiger partial charge in [0.15, 0.2) is 0 Å². The van der Waals surface area contributed by atoms with Crippen LogP contribution in [-0.2, 0) is 4.74 Å². The van der Waals surface area contributed by atoms with Crippen LogP contribution in [0, 0.1) is 5.92 Å². The number of likely N-dealkylation sites (tertiary alicyclic amines) is 1. The van der Waals surface area contributed by atoms with Crippen LogP contribution in [-0.4, -0.2) is 50.8 Å². The third-order valence-corrected chi connectivity index (χ3v) is 3.55. The van der Waals surface area contributed by atoms with Gasteiger partial charge < -0.3 is 15.0 Å². The predicted octanol–water partition coefficient (Wildman–Crippen LogP) is 1.73. The van der Waals surface area contributed by atoms with E-state index in [0.717, 1.165) is 25.5 Å². The molecular formula is C13H28N2O. The van der Waals surface area contributed by atoms with Crippen LogP contribution in [0.2, 0.25) is 0 Å². The van der Waals surface area contributed by atoms with Gasteiger partial charge in [-0.25, -0.2) is 0 Å². The van der Waals surface area contributed by atoms with Gasteiger partial charge in [0.1, 0.15) is 0 Å². The maximum absolute atomic E-state index is 5.07. The zero-order valence-corrected chi connectivity index (χ0v) is 11.2. The first kappa shape index (κ1) is 13.9. The Labute approximate surface area is 101 Å².